The molecule has 0 saturated carbocycles. The maximum Gasteiger partial charge on any atom is 0.319 e. The standard InChI is InChI=1S/C15H18N6O3S/c1-9-14(22)21(2)11-4-3-10(7-12(11)24-9)18-15(23)16-5-6-25-13-8-17-20-19-13/h3-4,7-9H,5-6H2,1-2H3,(H2,16,18,23)(H,17,19,20)/t9-/m1/s1. The van der Waals surface area contributed by atoms with Crippen molar-refractivity contribution in [2.75, 3.05) is 29.6 Å². The van der Waals surface area contributed by atoms with Crippen LogP contribution in [-0.4, -0.2) is 52.8 Å². The molecule has 3 N–H and O–H groups in total. The average Bonchev–Trinajstić information content (AvgIpc) is 3.10. The van der Waals surface area contributed by atoms with E-state index >= 15 is 0 Å². The fourth-order valence-corrected chi connectivity index (χ4v) is 3.00. The van der Waals surface area contributed by atoms with E-state index in [0.717, 1.165) is 5.03 Å². The van der Waals surface area contributed by atoms with E-state index in [1.165, 1.54) is 11.8 Å². The van der Waals surface area contributed by atoms with Gasteiger partial charge in [-0.2, -0.15) is 10.3 Å². The summed E-state index contributed by atoms with van der Waals surface area (Å²) < 4.78 is 5.59. The van der Waals surface area contributed by atoms with Crippen molar-refractivity contribution in [1.29, 1.82) is 0 Å². The Bertz CT molecular complexity index is 767. The molecule has 0 aliphatic carbocycles. The Morgan fingerprint density at radius 2 is 2.32 bits per heavy atom. The summed E-state index contributed by atoms with van der Waals surface area (Å²) in [6.45, 7) is 2.18. The number of likely N-dealkylation sites (N-methyl/N-ethyl adjacent to an activating group) is 1. The van der Waals surface area contributed by atoms with Crippen LogP contribution in [0.5, 0.6) is 5.75 Å². The van der Waals surface area contributed by atoms with Gasteiger partial charge in [0, 0.05) is 31.1 Å². The van der Waals surface area contributed by atoms with E-state index in [9.17, 15) is 9.59 Å². The largest absolute Gasteiger partial charge is 0.479 e. The van der Waals surface area contributed by atoms with Crippen LogP contribution in [0.3, 0.4) is 0 Å². The summed E-state index contributed by atoms with van der Waals surface area (Å²) in [4.78, 5) is 25.4. The van der Waals surface area contributed by atoms with Crippen LogP contribution in [0.25, 0.3) is 0 Å². The topological polar surface area (TPSA) is 112 Å². The normalized spacial score (nSPS) is 16.2. The van der Waals surface area contributed by atoms with Crippen molar-refractivity contribution in [2.45, 2.75) is 18.1 Å². The molecule has 3 amide bonds. The van der Waals surface area contributed by atoms with Crippen molar-refractivity contribution >= 4 is 35.1 Å². The molecule has 25 heavy (non-hydrogen) atoms. The van der Waals surface area contributed by atoms with Gasteiger partial charge in [0.1, 0.15) is 10.8 Å². The molecule has 0 bridgehead atoms. The SMILES string of the molecule is C[C@H]1Oc2cc(NC(=O)NCCSc3cn[nH]n3)ccc2N(C)C1=O. The third-order valence-corrected chi connectivity index (χ3v) is 4.49. The number of fused-ring (bicyclic) bond motifs is 1. The number of rotatable bonds is 5. The van der Waals surface area contributed by atoms with Crippen molar-refractivity contribution in [3.05, 3.63) is 24.4 Å². The lowest BCUT2D eigenvalue weighted by molar-refractivity contribution is -0.125. The first-order valence-corrected chi connectivity index (χ1v) is 8.65. The lowest BCUT2D eigenvalue weighted by atomic mass is 10.2. The van der Waals surface area contributed by atoms with Crippen molar-refractivity contribution in [3.8, 4) is 5.75 Å². The number of amides is 3. The van der Waals surface area contributed by atoms with Crippen LogP contribution in [0.4, 0.5) is 16.2 Å². The van der Waals surface area contributed by atoms with Gasteiger partial charge in [0.2, 0.25) is 0 Å². The second-order valence-electron chi connectivity index (χ2n) is 5.38. The van der Waals surface area contributed by atoms with Gasteiger partial charge in [-0.1, -0.05) is 0 Å². The molecule has 10 heteroatoms. The fourth-order valence-electron chi connectivity index (χ4n) is 2.35. The highest BCUT2D eigenvalue weighted by Gasteiger charge is 2.28. The Morgan fingerprint density at radius 1 is 1.48 bits per heavy atom. The maximum absolute atomic E-state index is 12.0. The molecule has 1 aromatic heterocycles. The van der Waals surface area contributed by atoms with E-state index in [-0.39, 0.29) is 11.9 Å². The van der Waals surface area contributed by atoms with Gasteiger partial charge in [0.05, 0.1) is 11.9 Å². The van der Waals surface area contributed by atoms with E-state index in [1.54, 1.807) is 43.3 Å². The number of carbonyl (C=O) groups excluding carboxylic acids is 2. The molecular formula is C15H18N6O3S. The van der Waals surface area contributed by atoms with Gasteiger partial charge < -0.3 is 20.3 Å². The minimum atomic E-state index is -0.546. The Kier molecular flexibility index (Phi) is 5.08. The summed E-state index contributed by atoms with van der Waals surface area (Å²) in [5.41, 5.74) is 1.27. The molecule has 0 unspecified atom stereocenters. The number of ether oxygens (including phenoxy) is 1. The molecule has 3 rings (SSSR count). The van der Waals surface area contributed by atoms with Crippen LogP contribution < -0.4 is 20.3 Å². The van der Waals surface area contributed by atoms with Crippen LogP contribution in [0.2, 0.25) is 0 Å². The lowest BCUT2D eigenvalue weighted by Gasteiger charge is -2.30. The second kappa shape index (κ2) is 7.43. The van der Waals surface area contributed by atoms with Crippen molar-refractivity contribution in [3.63, 3.8) is 0 Å². The van der Waals surface area contributed by atoms with Gasteiger partial charge in [-0.15, -0.1) is 16.9 Å². The number of aromatic amines is 1. The van der Waals surface area contributed by atoms with Crippen LogP contribution >= 0.6 is 11.8 Å². The van der Waals surface area contributed by atoms with Crippen molar-refractivity contribution in [1.82, 2.24) is 20.7 Å². The fraction of sp³-hybridized carbons (Fsp3) is 0.333. The molecule has 1 atom stereocenters. The molecule has 2 aromatic rings. The van der Waals surface area contributed by atoms with Gasteiger partial charge in [-0.3, -0.25) is 4.79 Å². The second-order valence-corrected chi connectivity index (χ2v) is 6.49. The summed E-state index contributed by atoms with van der Waals surface area (Å²) >= 11 is 1.49. The first-order valence-electron chi connectivity index (χ1n) is 7.66. The number of nitrogens with one attached hydrogen (secondary N) is 3. The number of benzene rings is 1. The van der Waals surface area contributed by atoms with Gasteiger partial charge in [-0.25, -0.2) is 4.79 Å². The number of aromatic nitrogens is 3. The highest BCUT2D eigenvalue weighted by Crippen LogP contribution is 2.35. The predicted octanol–water partition coefficient (Wildman–Crippen LogP) is 1.46. The molecule has 0 spiro atoms. The molecular weight excluding hydrogens is 344 g/mol. The molecule has 2 heterocycles. The van der Waals surface area contributed by atoms with Crippen LogP contribution in [0, 0.1) is 0 Å². The van der Waals surface area contributed by atoms with Crippen LogP contribution in [0.15, 0.2) is 29.4 Å². The highest BCUT2D eigenvalue weighted by molar-refractivity contribution is 7.99. The molecule has 9 nitrogen and oxygen atoms in total. The monoisotopic (exact) mass is 362 g/mol. The smallest absolute Gasteiger partial charge is 0.319 e. The number of urea groups is 1. The van der Waals surface area contributed by atoms with Crippen LogP contribution in [-0.2, 0) is 4.79 Å². The Hall–Kier alpha value is -2.75. The van der Waals surface area contributed by atoms with Crippen LogP contribution in [0.1, 0.15) is 6.92 Å². The van der Waals surface area contributed by atoms with E-state index in [1.807, 2.05) is 0 Å². The van der Waals surface area contributed by atoms with E-state index in [2.05, 4.69) is 26.0 Å². The summed E-state index contributed by atoms with van der Waals surface area (Å²) in [7, 11) is 1.70. The summed E-state index contributed by atoms with van der Waals surface area (Å²) in [5, 5.41) is 16.4. The van der Waals surface area contributed by atoms with E-state index in [4.69, 9.17) is 4.74 Å². The first kappa shape index (κ1) is 17.1. The molecule has 1 aliphatic rings. The maximum atomic E-state index is 12.0. The summed E-state index contributed by atoms with van der Waals surface area (Å²) in [6.07, 6.45) is 1.08. The van der Waals surface area contributed by atoms with Gasteiger partial charge in [0.25, 0.3) is 5.91 Å². The number of H-pyrrole nitrogens is 1. The average molecular weight is 362 g/mol. The molecule has 1 aromatic carbocycles. The van der Waals surface area contributed by atoms with Gasteiger partial charge in [-0.05, 0) is 19.1 Å². The Balaban J connectivity index is 1.52. The summed E-state index contributed by atoms with van der Waals surface area (Å²) in [6, 6.07) is 4.87. The number of nitrogens with zero attached hydrogens (tertiary/aromatic N) is 3. The third-order valence-electron chi connectivity index (χ3n) is 3.59. The molecule has 0 radical (unpaired) electrons. The Labute approximate surface area is 148 Å². The molecule has 1 aliphatic heterocycles. The lowest BCUT2D eigenvalue weighted by Crippen LogP contribution is -2.42. The molecule has 0 saturated heterocycles. The minimum Gasteiger partial charge on any atom is -0.479 e. The number of thioether (sulfide) groups is 1. The first-order chi connectivity index (χ1) is 12.0. The van der Waals surface area contributed by atoms with E-state index < -0.39 is 6.10 Å². The van der Waals surface area contributed by atoms with Crippen molar-refractivity contribution < 1.29 is 14.3 Å². The molecule has 132 valence electrons. The number of hydrogen-bond acceptors (Lipinski definition) is 6. The third kappa shape index (κ3) is 4.02. The van der Waals surface area contributed by atoms with Gasteiger partial charge >= 0.3 is 6.03 Å². The highest BCUT2D eigenvalue weighted by atomic mass is 32.2. The minimum absolute atomic E-state index is 0.101. The zero-order valence-corrected chi connectivity index (χ0v) is 14.6. The van der Waals surface area contributed by atoms with Gasteiger partial charge in [0.15, 0.2) is 6.10 Å². The number of hydrogen-bond donors (Lipinski definition) is 3. The molecule has 0 fully saturated rings. The van der Waals surface area contributed by atoms with E-state index in [0.29, 0.717) is 29.4 Å². The van der Waals surface area contributed by atoms with Crippen molar-refractivity contribution in [2.24, 2.45) is 0 Å². The predicted molar refractivity (Wildman–Crippen MR) is 94.1 cm³/mol. The number of carbonyl (C=O) groups is 2. The Morgan fingerprint density at radius 3 is 3.08 bits per heavy atom. The summed E-state index contributed by atoms with van der Waals surface area (Å²) in [5.74, 6) is 1.14. The zero-order chi connectivity index (χ0) is 17.8. The quantitative estimate of drug-likeness (QED) is 0.548. The number of anilines is 2. The zero-order valence-electron chi connectivity index (χ0n) is 13.8.